The fraction of sp³-hybridized carbons (Fsp3) is 0.444. The van der Waals surface area contributed by atoms with E-state index in [1.807, 2.05) is 11.8 Å². The molecule has 0 saturated carbocycles. The van der Waals surface area contributed by atoms with Crippen LogP contribution >= 0.6 is 11.8 Å². The molecule has 0 aliphatic carbocycles. The zero-order valence-electron chi connectivity index (χ0n) is 12.3. The van der Waals surface area contributed by atoms with Gasteiger partial charge in [-0.25, -0.2) is 0 Å². The molecule has 0 saturated heterocycles. The average Bonchev–Trinajstić information content (AvgIpc) is 2.45. The second-order valence-corrected chi connectivity index (χ2v) is 5.92. The quantitative estimate of drug-likeness (QED) is 0.278. The van der Waals surface area contributed by atoms with Gasteiger partial charge in [-0.1, -0.05) is 81.3 Å². The molecule has 0 spiro atoms. The Morgan fingerprint density at radius 1 is 1.05 bits per heavy atom. The third kappa shape index (κ3) is 7.94. The van der Waals surface area contributed by atoms with Crippen LogP contribution in [0.15, 0.2) is 58.4 Å². The van der Waals surface area contributed by atoms with E-state index in [1.54, 1.807) is 0 Å². The highest BCUT2D eigenvalue weighted by atomic mass is 32.2. The predicted octanol–water partition coefficient (Wildman–Crippen LogP) is 6.60. The molecule has 0 unspecified atom stereocenters. The first-order chi connectivity index (χ1) is 9.36. The summed E-state index contributed by atoms with van der Waals surface area (Å²) in [7, 11) is 0. The smallest absolute Gasteiger partial charge is 0.0119 e. The van der Waals surface area contributed by atoms with E-state index in [4.69, 9.17) is 0 Å². The Labute approximate surface area is 123 Å². The maximum Gasteiger partial charge on any atom is 0.0119 e. The van der Waals surface area contributed by atoms with Crippen LogP contribution in [-0.4, -0.2) is 0 Å². The molecule has 0 radical (unpaired) electrons. The summed E-state index contributed by atoms with van der Waals surface area (Å²) in [4.78, 5) is 2.81. The van der Waals surface area contributed by atoms with Gasteiger partial charge in [0, 0.05) is 4.90 Å². The van der Waals surface area contributed by atoms with Crippen LogP contribution < -0.4 is 0 Å². The zero-order valence-corrected chi connectivity index (χ0v) is 13.1. The van der Waals surface area contributed by atoms with E-state index in [0.29, 0.717) is 0 Å². The van der Waals surface area contributed by atoms with Crippen molar-refractivity contribution in [3.8, 4) is 0 Å². The SMILES string of the molecule is CCCC/C=C/C=C(/CCCC)Sc1ccccc1. The van der Waals surface area contributed by atoms with Gasteiger partial charge in [-0.2, -0.15) is 0 Å². The molecule has 0 bridgehead atoms. The highest BCUT2D eigenvalue weighted by Crippen LogP contribution is 2.29. The van der Waals surface area contributed by atoms with Crippen LogP contribution in [0.25, 0.3) is 0 Å². The van der Waals surface area contributed by atoms with Crippen LogP contribution in [0.1, 0.15) is 52.4 Å². The monoisotopic (exact) mass is 274 g/mol. The van der Waals surface area contributed by atoms with Crippen LogP contribution in [0.2, 0.25) is 0 Å². The lowest BCUT2D eigenvalue weighted by atomic mass is 10.2. The van der Waals surface area contributed by atoms with Gasteiger partial charge >= 0.3 is 0 Å². The lowest BCUT2D eigenvalue weighted by Crippen LogP contribution is -1.79. The number of rotatable bonds is 9. The summed E-state index contributed by atoms with van der Waals surface area (Å²) in [5.41, 5.74) is 0. The molecular weight excluding hydrogens is 248 g/mol. The molecule has 104 valence electrons. The molecule has 0 aliphatic rings. The van der Waals surface area contributed by atoms with Gasteiger partial charge in [0.2, 0.25) is 0 Å². The number of allylic oxidation sites excluding steroid dienone is 4. The summed E-state index contributed by atoms with van der Waals surface area (Å²) < 4.78 is 0. The number of hydrogen-bond acceptors (Lipinski definition) is 1. The molecule has 0 nitrogen and oxygen atoms in total. The average molecular weight is 274 g/mol. The Morgan fingerprint density at radius 3 is 2.47 bits per heavy atom. The number of hydrogen-bond donors (Lipinski definition) is 0. The molecule has 0 heterocycles. The second kappa shape index (κ2) is 10.9. The number of benzene rings is 1. The summed E-state index contributed by atoms with van der Waals surface area (Å²) in [5, 5.41) is 0. The molecule has 0 N–H and O–H groups in total. The molecule has 0 amide bonds. The van der Waals surface area contributed by atoms with E-state index in [1.165, 1.54) is 48.3 Å². The second-order valence-electron chi connectivity index (χ2n) is 4.72. The van der Waals surface area contributed by atoms with Crippen LogP contribution in [0.3, 0.4) is 0 Å². The Balaban J connectivity index is 2.55. The minimum absolute atomic E-state index is 1.19. The van der Waals surface area contributed by atoms with Crippen LogP contribution in [0, 0.1) is 0 Å². The summed E-state index contributed by atoms with van der Waals surface area (Å²) in [5.74, 6) is 0. The van der Waals surface area contributed by atoms with Gasteiger partial charge in [-0.15, -0.1) is 0 Å². The minimum Gasteiger partial charge on any atom is -0.0946 e. The van der Waals surface area contributed by atoms with Gasteiger partial charge in [0.15, 0.2) is 0 Å². The van der Waals surface area contributed by atoms with E-state index in [2.05, 4.69) is 62.4 Å². The van der Waals surface area contributed by atoms with E-state index >= 15 is 0 Å². The lowest BCUT2D eigenvalue weighted by Gasteiger charge is -2.05. The van der Waals surface area contributed by atoms with Crippen LogP contribution in [0.4, 0.5) is 0 Å². The molecule has 1 aromatic carbocycles. The third-order valence-electron chi connectivity index (χ3n) is 2.91. The number of thioether (sulfide) groups is 1. The highest BCUT2D eigenvalue weighted by molar-refractivity contribution is 8.03. The minimum atomic E-state index is 1.19. The highest BCUT2D eigenvalue weighted by Gasteiger charge is 1.99. The van der Waals surface area contributed by atoms with E-state index in [9.17, 15) is 0 Å². The maximum atomic E-state index is 2.29. The van der Waals surface area contributed by atoms with E-state index in [0.717, 1.165) is 0 Å². The van der Waals surface area contributed by atoms with Crippen molar-refractivity contribution in [2.75, 3.05) is 0 Å². The van der Waals surface area contributed by atoms with Crippen molar-refractivity contribution in [1.29, 1.82) is 0 Å². The zero-order chi connectivity index (χ0) is 13.8. The van der Waals surface area contributed by atoms with Gasteiger partial charge in [-0.05, 0) is 36.3 Å². The number of unbranched alkanes of at least 4 members (excludes halogenated alkanes) is 3. The largest absolute Gasteiger partial charge is 0.0946 e. The van der Waals surface area contributed by atoms with Crippen molar-refractivity contribution in [2.24, 2.45) is 0 Å². The summed E-state index contributed by atoms with van der Waals surface area (Å²) in [6.45, 7) is 4.49. The van der Waals surface area contributed by atoms with Gasteiger partial charge < -0.3 is 0 Å². The van der Waals surface area contributed by atoms with Crippen LogP contribution in [0.5, 0.6) is 0 Å². The standard InChI is InChI=1S/C18H26S/c1-3-5-7-8-10-14-17(13-6-4-2)19-18-15-11-9-12-16-18/h8-12,14-16H,3-7,13H2,1-2H3/b10-8+,17-14-. The summed E-state index contributed by atoms with van der Waals surface area (Å²) >= 11 is 1.90. The first-order valence-corrected chi connectivity index (χ1v) is 8.27. The maximum absolute atomic E-state index is 2.29. The van der Waals surface area contributed by atoms with Gasteiger partial charge in [0.25, 0.3) is 0 Å². The van der Waals surface area contributed by atoms with E-state index < -0.39 is 0 Å². The molecule has 1 heteroatoms. The first kappa shape index (κ1) is 16.1. The molecular formula is C18H26S. The van der Waals surface area contributed by atoms with Crippen molar-refractivity contribution >= 4 is 11.8 Å². The first-order valence-electron chi connectivity index (χ1n) is 7.45. The molecule has 0 aromatic heterocycles. The van der Waals surface area contributed by atoms with Gasteiger partial charge in [0.1, 0.15) is 0 Å². The molecule has 0 atom stereocenters. The molecule has 0 aliphatic heterocycles. The van der Waals surface area contributed by atoms with Crippen molar-refractivity contribution in [1.82, 2.24) is 0 Å². The summed E-state index contributed by atoms with van der Waals surface area (Å²) in [6.07, 6.45) is 14.3. The van der Waals surface area contributed by atoms with Crippen molar-refractivity contribution in [2.45, 2.75) is 57.3 Å². The van der Waals surface area contributed by atoms with Gasteiger partial charge in [0.05, 0.1) is 0 Å². The van der Waals surface area contributed by atoms with Crippen LogP contribution in [-0.2, 0) is 0 Å². The van der Waals surface area contributed by atoms with Crippen molar-refractivity contribution in [3.05, 3.63) is 53.5 Å². The Morgan fingerprint density at radius 2 is 1.79 bits per heavy atom. The topological polar surface area (TPSA) is 0 Å². The molecule has 1 aromatic rings. The Hall–Kier alpha value is -0.950. The summed E-state index contributed by atoms with van der Waals surface area (Å²) in [6, 6.07) is 10.7. The van der Waals surface area contributed by atoms with Gasteiger partial charge in [-0.3, -0.25) is 0 Å². The predicted molar refractivity (Wildman–Crippen MR) is 88.6 cm³/mol. The molecule has 0 fully saturated rings. The Kier molecular flexibility index (Phi) is 9.26. The van der Waals surface area contributed by atoms with E-state index in [-0.39, 0.29) is 0 Å². The van der Waals surface area contributed by atoms with Crippen molar-refractivity contribution in [3.63, 3.8) is 0 Å². The molecule has 19 heavy (non-hydrogen) atoms. The van der Waals surface area contributed by atoms with Crippen molar-refractivity contribution < 1.29 is 0 Å². The normalized spacial score (nSPS) is 12.2. The molecule has 1 rings (SSSR count). The fourth-order valence-corrected chi connectivity index (χ4v) is 2.74. The lowest BCUT2D eigenvalue weighted by molar-refractivity contribution is 0.807. The third-order valence-corrected chi connectivity index (χ3v) is 4.02. The fourth-order valence-electron chi connectivity index (χ4n) is 1.75. The Bertz CT molecular complexity index is 376.